The molecule has 0 saturated carbocycles. The van der Waals surface area contributed by atoms with Crippen molar-refractivity contribution in [2.45, 2.75) is 125 Å². The van der Waals surface area contributed by atoms with Crippen LogP contribution in [0.2, 0.25) is 0 Å². The molecule has 0 aliphatic rings. The molecule has 5 amide bonds. The summed E-state index contributed by atoms with van der Waals surface area (Å²) in [5, 5.41) is 20.9. The van der Waals surface area contributed by atoms with Crippen LogP contribution in [-0.4, -0.2) is 92.2 Å². The van der Waals surface area contributed by atoms with Crippen LogP contribution in [0.25, 0.3) is 0 Å². The molecule has 24 nitrogen and oxygen atoms in total. The van der Waals surface area contributed by atoms with Gasteiger partial charge < -0.3 is 28.8 Å². The average Bonchev–Trinajstić information content (AvgIpc) is 3.51. The zero-order chi connectivity index (χ0) is 59.7. The molecule has 0 heterocycles. The zero-order valence-corrected chi connectivity index (χ0v) is 46.3. The van der Waals surface area contributed by atoms with Crippen molar-refractivity contribution in [3.8, 4) is 0 Å². The largest absolute Gasteiger partial charge is 0.481 e. The summed E-state index contributed by atoms with van der Waals surface area (Å²) in [6, 6.07) is 19.4. The first-order valence-corrected chi connectivity index (χ1v) is 25.3. The number of nitrogens with zero attached hydrogens (tertiary/aromatic N) is 3. The van der Waals surface area contributed by atoms with Gasteiger partial charge in [-0.25, -0.2) is 38.4 Å². The molecule has 6 N–H and O–H groups in total. The minimum Gasteiger partial charge on any atom is -0.481 e. The number of carbonyl (C=O) groups excluding carboxylic acids is 9. The van der Waals surface area contributed by atoms with Gasteiger partial charge in [-0.05, 0) is 124 Å². The van der Waals surface area contributed by atoms with E-state index in [1.807, 2.05) is 27.7 Å². The number of aryl methyl sites for hydroxylation is 4. The van der Waals surface area contributed by atoms with Crippen LogP contribution in [0.1, 0.15) is 119 Å². The molecule has 0 bridgehead atoms. The van der Waals surface area contributed by atoms with Crippen molar-refractivity contribution in [1.29, 1.82) is 0 Å². The molecule has 3 unspecified atom stereocenters. The molecule has 0 aromatic heterocycles. The first-order valence-electron chi connectivity index (χ1n) is 25.3. The van der Waals surface area contributed by atoms with Crippen LogP contribution in [0.5, 0.6) is 0 Å². The average molecular weight is 1170 g/mol. The van der Waals surface area contributed by atoms with Crippen molar-refractivity contribution in [2.75, 3.05) is 53.0 Å². The molecule has 0 aliphatic heterocycles. The lowest BCUT2D eigenvalue weighted by Crippen LogP contribution is -2.24. The summed E-state index contributed by atoms with van der Waals surface area (Å²) in [5.41, 5.74) is 6.06. The molecule has 460 valence electrons. The van der Waals surface area contributed by atoms with Crippen molar-refractivity contribution >= 4 is 106 Å². The molecule has 4 aromatic carbocycles. The number of isocyanates is 3. The van der Waals surface area contributed by atoms with Gasteiger partial charge in [0.15, 0.2) is 0 Å². The second kappa shape index (κ2) is 42.4. The number of rotatable bonds is 22. The number of carbonyl (C=O) groups is 7. The first-order chi connectivity index (χ1) is 38.1. The highest BCUT2D eigenvalue weighted by atomic mass is 16.6. The molecule has 0 radical (unpaired) electrons. The lowest BCUT2D eigenvalue weighted by Gasteiger charge is -2.16. The van der Waals surface area contributed by atoms with Gasteiger partial charge in [0.1, 0.15) is 0 Å². The van der Waals surface area contributed by atoms with E-state index in [0.717, 1.165) is 23.1 Å². The Kier molecular flexibility index (Phi) is 39.7. The monoisotopic (exact) mass is 1170 g/mol. The van der Waals surface area contributed by atoms with Crippen molar-refractivity contribution in [2.24, 2.45) is 38.6 Å². The van der Waals surface area contributed by atoms with E-state index in [1.165, 1.54) is 42.5 Å². The predicted molar refractivity (Wildman–Crippen MR) is 324 cm³/mol. The summed E-state index contributed by atoms with van der Waals surface area (Å²) in [5.74, 6) is -2.41. The topological polar surface area (TPSA) is 334 Å². The van der Waals surface area contributed by atoms with Crippen LogP contribution in [0, 0.1) is 51.4 Å². The third-order valence-corrected chi connectivity index (χ3v) is 11.8. The number of ether oxygens (including phenoxy) is 5. The normalized spacial score (nSPS) is 10.9. The molecule has 24 heteroatoms. The Labute approximate surface area is 492 Å². The molecule has 0 aliphatic carbocycles. The molecule has 0 fully saturated rings. The van der Waals surface area contributed by atoms with Crippen molar-refractivity contribution in [3.05, 3.63) is 95.1 Å². The second-order valence-electron chi connectivity index (χ2n) is 17.9. The third-order valence-electron chi connectivity index (χ3n) is 11.8. The summed E-state index contributed by atoms with van der Waals surface area (Å²) in [4.78, 5) is 125. The minimum absolute atomic E-state index is 0. The van der Waals surface area contributed by atoms with E-state index >= 15 is 0 Å². The quantitative estimate of drug-likeness (QED) is 0.0140. The van der Waals surface area contributed by atoms with Gasteiger partial charge in [0, 0.05) is 40.3 Å². The summed E-state index contributed by atoms with van der Waals surface area (Å²) < 4.78 is 25.8. The Balaban J connectivity index is -0.00000136. The number of carboxylic acid groups (broad SMARTS) is 1. The fraction of sp³-hybridized carbons (Fsp3) is 0.433. The molecular formula is C60H84N8O16. The van der Waals surface area contributed by atoms with E-state index in [0.29, 0.717) is 70.3 Å². The van der Waals surface area contributed by atoms with E-state index in [-0.39, 0.29) is 73.9 Å². The van der Waals surface area contributed by atoms with E-state index in [9.17, 15) is 47.9 Å². The maximum absolute atomic E-state index is 12.4. The van der Waals surface area contributed by atoms with E-state index in [1.54, 1.807) is 90.1 Å². The Morgan fingerprint density at radius 2 is 0.738 bits per heavy atom. The first kappa shape index (κ1) is 78.7. The van der Waals surface area contributed by atoms with Crippen LogP contribution in [0.15, 0.2) is 87.8 Å². The van der Waals surface area contributed by atoms with Gasteiger partial charge >= 0.3 is 42.4 Å². The maximum atomic E-state index is 12.4. The van der Waals surface area contributed by atoms with Gasteiger partial charge in [-0.3, -0.25) is 36.2 Å². The van der Waals surface area contributed by atoms with Crippen LogP contribution in [-0.2, 0) is 47.7 Å². The van der Waals surface area contributed by atoms with Crippen molar-refractivity contribution in [3.63, 3.8) is 0 Å². The SMILES string of the molecule is C.C.C.C.CCC(C)C(=O)O.CCC(COC(=O)Nc1ccc(C)c(N=C=O)c1)COC(=O)Nc1ccc(C)c(N=C=O)c1.CCC(COC(=O)Nc1ccc(C)c(N=C=O)c1)COC(=O)Nc1ccc(C)c(NC(=O)OC(=O)C(C)CC)c1. The number of aliphatic imine (C=N–C) groups is 3. The van der Waals surface area contributed by atoms with E-state index in [2.05, 4.69) is 41.6 Å². The Hall–Kier alpha value is -9.49. The lowest BCUT2D eigenvalue weighted by molar-refractivity contribution is -0.142. The van der Waals surface area contributed by atoms with Gasteiger partial charge in [0.25, 0.3) is 0 Å². The maximum Gasteiger partial charge on any atom is 0.419 e. The van der Waals surface area contributed by atoms with Gasteiger partial charge in [-0.15, -0.1) is 0 Å². The van der Waals surface area contributed by atoms with Crippen LogP contribution in [0.3, 0.4) is 0 Å². The number of anilines is 5. The van der Waals surface area contributed by atoms with Gasteiger partial charge in [0.2, 0.25) is 18.2 Å². The van der Waals surface area contributed by atoms with Crippen LogP contribution in [0.4, 0.5) is 69.5 Å². The van der Waals surface area contributed by atoms with E-state index in [4.69, 9.17) is 28.8 Å². The number of hydrogen-bond acceptors (Lipinski definition) is 18. The summed E-state index contributed by atoms with van der Waals surface area (Å²) in [6.45, 7) is 17.9. The number of aliphatic carboxylic acids is 1. The van der Waals surface area contributed by atoms with Crippen molar-refractivity contribution < 1.29 is 76.7 Å². The molecule has 4 rings (SSSR count). The molecular weight excluding hydrogens is 1090 g/mol. The summed E-state index contributed by atoms with van der Waals surface area (Å²) >= 11 is 0. The molecule has 0 spiro atoms. The highest BCUT2D eigenvalue weighted by Crippen LogP contribution is 2.26. The molecule has 84 heavy (non-hydrogen) atoms. The minimum atomic E-state index is -0.916. The van der Waals surface area contributed by atoms with Gasteiger partial charge in [0.05, 0.1) is 55.3 Å². The number of carboxylic acids is 1. The summed E-state index contributed by atoms with van der Waals surface area (Å²) in [6.07, 6.45) is 3.08. The molecule has 0 saturated heterocycles. The molecule has 3 atom stereocenters. The number of esters is 1. The van der Waals surface area contributed by atoms with Gasteiger partial charge in [-0.1, -0.05) is 95.5 Å². The van der Waals surface area contributed by atoms with E-state index < -0.39 is 48.3 Å². The fourth-order valence-electron chi connectivity index (χ4n) is 6.03. The van der Waals surface area contributed by atoms with Crippen molar-refractivity contribution in [1.82, 2.24) is 0 Å². The number of hydrogen-bond donors (Lipinski definition) is 6. The van der Waals surface area contributed by atoms with Crippen LogP contribution < -0.4 is 26.6 Å². The van der Waals surface area contributed by atoms with Gasteiger partial charge in [-0.2, -0.15) is 15.0 Å². The van der Waals surface area contributed by atoms with Crippen LogP contribution >= 0.6 is 0 Å². The Bertz CT molecular complexity index is 2850. The third kappa shape index (κ3) is 29.8. The smallest absolute Gasteiger partial charge is 0.419 e. The Morgan fingerprint density at radius 1 is 0.440 bits per heavy atom. The number of nitrogens with one attached hydrogen (secondary N) is 5. The second-order valence-corrected chi connectivity index (χ2v) is 17.9. The number of benzene rings is 4. The zero-order valence-electron chi connectivity index (χ0n) is 46.3. The number of amides is 5. The molecule has 4 aromatic rings. The standard InChI is InChI=1S/C28H34N4O8.C23H24N4O6.C5H10O2.4CH4/c1-6-17(3)25(34)40-28(37)32-24-13-22(11-9-19(24)5)31-27(36)39-15-20(7-2)14-38-26(35)30-21-10-8-18(4)23(12-21)29-16-33;1-4-17(11-32-22(30)26-18-7-5-15(2)20(9-18)24-13-28)12-33-23(31)27-19-8-6-16(3)21(10-19)25-14-29;1-3-4(2)5(6)7;;;;/h8-13,17,20H,6-7,14-15H2,1-5H3,(H,30,35)(H,31,36)(H,32,37);5-10,17H,4,11-12H2,1-3H3,(H,26,30)(H,27,31);4H,3H2,1-2H3,(H,6,7);4*1H4. The lowest BCUT2D eigenvalue weighted by atomic mass is 10.1. The highest BCUT2D eigenvalue weighted by molar-refractivity contribution is 5.95. The highest BCUT2D eigenvalue weighted by Gasteiger charge is 2.19. The Morgan fingerprint density at radius 3 is 1.00 bits per heavy atom. The predicted octanol–water partition coefficient (Wildman–Crippen LogP) is 14.9. The summed E-state index contributed by atoms with van der Waals surface area (Å²) in [7, 11) is 0. The fourth-order valence-corrected chi connectivity index (χ4v) is 6.03.